The number of carbonyl (C=O) groups excluding carboxylic acids is 1. The molecule has 2 saturated heterocycles. The monoisotopic (exact) mass is 615 g/mol. The topological polar surface area (TPSA) is 76.5 Å². The molecule has 3 aliphatic heterocycles. The summed E-state index contributed by atoms with van der Waals surface area (Å²) < 4.78 is 5.29. The summed E-state index contributed by atoms with van der Waals surface area (Å²) in [6, 6.07) is 28.8. The molecule has 0 aliphatic carbocycles. The van der Waals surface area contributed by atoms with Crippen LogP contribution in [0.1, 0.15) is 36.4 Å². The molecule has 3 aliphatic rings. The number of fused-ring (bicyclic) bond motifs is 1. The number of piperazine rings is 1. The van der Waals surface area contributed by atoms with E-state index in [9.17, 15) is 4.79 Å². The minimum absolute atomic E-state index is 0.00179. The number of nitrogens with zero attached hydrogens (tertiary/aromatic N) is 6. The van der Waals surface area contributed by atoms with Crippen LogP contribution in [0.15, 0.2) is 102 Å². The maximum atomic E-state index is 13.7. The third kappa shape index (κ3) is 6.36. The first kappa shape index (κ1) is 29.6. The van der Waals surface area contributed by atoms with E-state index in [1.807, 2.05) is 48.8 Å². The van der Waals surface area contributed by atoms with E-state index in [-0.39, 0.29) is 11.9 Å². The van der Waals surface area contributed by atoms with Gasteiger partial charge in [0.1, 0.15) is 5.75 Å². The molecule has 3 aromatic carbocycles. The molecular formula is C37H41N7O2. The van der Waals surface area contributed by atoms with Gasteiger partial charge in [-0.1, -0.05) is 30.3 Å². The molecule has 1 amide bonds. The number of guanidine groups is 1. The lowest BCUT2D eigenvalue weighted by Gasteiger charge is -2.45. The van der Waals surface area contributed by atoms with Gasteiger partial charge in [0.05, 0.1) is 25.3 Å². The summed E-state index contributed by atoms with van der Waals surface area (Å²) >= 11 is 0. The Balaban J connectivity index is 1.18. The first-order valence-electron chi connectivity index (χ1n) is 16.3. The predicted molar refractivity (Wildman–Crippen MR) is 184 cm³/mol. The third-order valence-corrected chi connectivity index (χ3v) is 9.26. The minimum atomic E-state index is -0.213. The molecule has 9 nitrogen and oxygen atoms in total. The molecule has 1 aromatic heterocycles. The van der Waals surface area contributed by atoms with Gasteiger partial charge < -0.3 is 29.7 Å². The summed E-state index contributed by atoms with van der Waals surface area (Å²) in [5.74, 6) is 1.70. The number of anilines is 3. The lowest BCUT2D eigenvalue weighted by atomic mass is 9.97. The summed E-state index contributed by atoms with van der Waals surface area (Å²) in [5.41, 5.74) is 6.49. The molecule has 236 valence electrons. The van der Waals surface area contributed by atoms with Crippen LogP contribution >= 0.6 is 0 Å². The Morgan fingerprint density at radius 3 is 2.11 bits per heavy atom. The number of hydrogen-bond acceptors (Lipinski definition) is 8. The SMILES string of the molecule is COc1ccc(CNC(=O)CC2c3ccccc3N=C(N3CCN(c4ccncc4)CC3)N2c2ccc(N3CCCC3)cc2)cc1. The molecule has 0 spiro atoms. The van der Waals surface area contributed by atoms with Gasteiger partial charge in [-0.25, -0.2) is 4.99 Å². The number of amides is 1. The number of nitrogens with one attached hydrogen (secondary N) is 1. The molecular weight excluding hydrogens is 574 g/mol. The van der Waals surface area contributed by atoms with Crippen molar-refractivity contribution in [2.45, 2.75) is 31.8 Å². The maximum Gasteiger partial charge on any atom is 0.222 e. The molecule has 9 heteroatoms. The van der Waals surface area contributed by atoms with Crippen LogP contribution in [0.4, 0.5) is 22.7 Å². The minimum Gasteiger partial charge on any atom is -0.497 e. The number of benzene rings is 3. The normalized spacial score (nSPS) is 17.8. The number of carbonyl (C=O) groups is 1. The van der Waals surface area contributed by atoms with Crippen LogP contribution in [0.2, 0.25) is 0 Å². The van der Waals surface area contributed by atoms with Gasteiger partial charge in [-0.15, -0.1) is 0 Å². The van der Waals surface area contributed by atoms with Crippen molar-refractivity contribution in [3.63, 3.8) is 0 Å². The zero-order chi connectivity index (χ0) is 31.3. The summed E-state index contributed by atoms with van der Waals surface area (Å²) in [6.45, 7) is 6.05. The average Bonchev–Trinajstić information content (AvgIpc) is 3.67. The van der Waals surface area contributed by atoms with Crippen molar-refractivity contribution >= 4 is 34.6 Å². The first-order valence-corrected chi connectivity index (χ1v) is 16.3. The van der Waals surface area contributed by atoms with Crippen LogP contribution in [0.5, 0.6) is 5.75 Å². The van der Waals surface area contributed by atoms with Gasteiger partial charge >= 0.3 is 0 Å². The highest BCUT2D eigenvalue weighted by molar-refractivity contribution is 6.01. The van der Waals surface area contributed by atoms with E-state index in [2.05, 4.69) is 78.4 Å². The Bertz CT molecular complexity index is 1650. The molecule has 7 rings (SSSR count). The van der Waals surface area contributed by atoms with E-state index in [1.54, 1.807) is 7.11 Å². The lowest BCUT2D eigenvalue weighted by molar-refractivity contribution is -0.121. The van der Waals surface area contributed by atoms with Crippen LogP contribution in [0.3, 0.4) is 0 Å². The van der Waals surface area contributed by atoms with Crippen molar-refractivity contribution in [3.8, 4) is 5.75 Å². The van der Waals surface area contributed by atoms with Crippen LogP contribution in [0, 0.1) is 0 Å². The van der Waals surface area contributed by atoms with E-state index in [1.165, 1.54) is 24.2 Å². The summed E-state index contributed by atoms with van der Waals surface area (Å²) in [7, 11) is 1.66. The molecule has 46 heavy (non-hydrogen) atoms. The number of aliphatic imine (C=N–C) groups is 1. The second-order valence-corrected chi connectivity index (χ2v) is 12.1. The molecule has 1 N–H and O–H groups in total. The van der Waals surface area contributed by atoms with Crippen LogP contribution in [0.25, 0.3) is 0 Å². The van der Waals surface area contributed by atoms with Crippen LogP contribution in [-0.4, -0.2) is 68.1 Å². The number of para-hydroxylation sites is 1. The van der Waals surface area contributed by atoms with E-state index in [0.717, 1.165) is 73.5 Å². The molecule has 0 radical (unpaired) electrons. The van der Waals surface area contributed by atoms with Crippen molar-refractivity contribution in [3.05, 3.63) is 108 Å². The molecule has 2 fully saturated rings. The number of pyridine rings is 1. The first-order chi connectivity index (χ1) is 22.7. The van der Waals surface area contributed by atoms with E-state index in [0.29, 0.717) is 13.0 Å². The van der Waals surface area contributed by atoms with E-state index in [4.69, 9.17) is 9.73 Å². The fourth-order valence-corrected chi connectivity index (χ4v) is 6.74. The second-order valence-electron chi connectivity index (χ2n) is 12.1. The van der Waals surface area contributed by atoms with Crippen molar-refractivity contribution in [1.29, 1.82) is 0 Å². The van der Waals surface area contributed by atoms with Crippen molar-refractivity contribution < 1.29 is 9.53 Å². The fraction of sp³-hybridized carbons (Fsp3) is 0.324. The van der Waals surface area contributed by atoms with Gasteiger partial charge in [-0.05, 0) is 73.0 Å². The van der Waals surface area contributed by atoms with Crippen molar-refractivity contribution in [2.24, 2.45) is 4.99 Å². The predicted octanol–water partition coefficient (Wildman–Crippen LogP) is 5.77. The molecule has 0 saturated carbocycles. The van der Waals surface area contributed by atoms with Gasteiger partial charge in [-0.3, -0.25) is 9.78 Å². The largest absolute Gasteiger partial charge is 0.497 e. The highest BCUT2D eigenvalue weighted by Gasteiger charge is 2.36. The quantitative estimate of drug-likeness (QED) is 0.270. The Kier molecular flexibility index (Phi) is 8.72. The highest BCUT2D eigenvalue weighted by Crippen LogP contribution is 2.41. The van der Waals surface area contributed by atoms with Gasteiger partial charge in [-0.2, -0.15) is 0 Å². The van der Waals surface area contributed by atoms with Crippen molar-refractivity contribution in [2.75, 3.05) is 61.1 Å². The smallest absolute Gasteiger partial charge is 0.222 e. The third-order valence-electron chi connectivity index (χ3n) is 9.26. The molecule has 1 atom stereocenters. The Morgan fingerprint density at radius 1 is 0.761 bits per heavy atom. The standard InChI is InChI=1S/C37H41N7O2/c1-46-32-14-8-28(9-15-32)27-39-36(45)26-35-33-6-2-3-7-34(33)40-37(43-24-22-42(23-25-43)30-16-18-38-19-17-30)44(35)31-12-10-29(11-13-31)41-20-4-5-21-41/h2-3,6-19,35H,4-5,20-27H2,1H3,(H,39,45). The van der Waals surface area contributed by atoms with Gasteiger partial charge in [0, 0.05) is 80.8 Å². The van der Waals surface area contributed by atoms with Crippen LogP contribution in [-0.2, 0) is 11.3 Å². The molecule has 4 heterocycles. The fourth-order valence-electron chi connectivity index (χ4n) is 6.74. The number of aromatic nitrogens is 1. The molecule has 4 aromatic rings. The zero-order valence-electron chi connectivity index (χ0n) is 26.4. The second kappa shape index (κ2) is 13.5. The van der Waals surface area contributed by atoms with Crippen LogP contribution < -0.4 is 24.8 Å². The Morgan fingerprint density at radius 2 is 1.39 bits per heavy atom. The summed E-state index contributed by atoms with van der Waals surface area (Å²) in [5, 5.41) is 3.17. The lowest BCUT2D eigenvalue weighted by Crippen LogP contribution is -2.55. The Labute approximate surface area is 271 Å². The summed E-state index contributed by atoms with van der Waals surface area (Å²) in [6.07, 6.45) is 6.47. The molecule has 0 bridgehead atoms. The van der Waals surface area contributed by atoms with Gasteiger partial charge in [0.15, 0.2) is 0 Å². The van der Waals surface area contributed by atoms with Gasteiger partial charge in [0.2, 0.25) is 11.9 Å². The highest BCUT2D eigenvalue weighted by atomic mass is 16.5. The summed E-state index contributed by atoms with van der Waals surface area (Å²) in [4.78, 5) is 32.7. The average molecular weight is 616 g/mol. The Hall–Kier alpha value is -5.05. The van der Waals surface area contributed by atoms with E-state index >= 15 is 0 Å². The molecule has 1 unspecified atom stereocenters. The van der Waals surface area contributed by atoms with Crippen molar-refractivity contribution in [1.82, 2.24) is 15.2 Å². The number of ether oxygens (including phenoxy) is 1. The maximum absolute atomic E-state index is 13.7. The number of hydrogen-bond donors (Lipinski definition) is 1. The van der Waals surface area contributed by atoms with E-state index < -0.39 is 0 Å². The zero-order valence-corrected chi connectivity index (χ0v) is 26.4. The number of methoxy groups -OCH3 is 1. The van der Waals surface area contributed by atoms with Gasteiger partial charge in [0.25, 0.3) is 0 Å². The number of rotatable bonds is 8.